The molecule has 0 bridgehead atoms. The first kappa shape index (κ1) is 21.5. The number of carbonyl (C=O) groups is 2. The number of nitrogens with zero attached hydrogens (tertiary/aromatic N) is 3. The summed E-state index contributed by atoms with van der Waals surface area (Å²) >= 11 is 0. The predicted molar refractivity (Wildman–Crippen MR) is 113 cm³/mol. The summed E-state index contributed by atoms with van der Waals surface area (Å²) in [6.45, 7) is 7.79. The van der Waals surface area contributed by atoms with Crippen LogP contribution in [0.5, 0.6) is 0 Å². The molecule has 9 heteroatoms. The largest absolute Gasteiger partial charge is 0.446 e. The van der Waals surface area contributed by atoms with Crippen LogP contribution in [-0.4, -0.2) is 44.1 Å². The van der Waals surface area contributed by atoms with Gasteiger partial charge in [-0.3, -0.25) is 14.6 Å². The van der Waals surface area contributed by atoms with Crippen LogP contribution >= 0.6 is 0 Å². The predicted octanol–water partition coefficient (Wildman–Crippen LogP) is 3.93. The molecule has 1 saturated carbocycles. The zero-order valence-corrected chi connectivity index (χ0v) is 17.2. The molecular weight excluding hydrogens is 360 g/mol. The van der Waals surface area contributed by atoms with Crippen molar-refractivity contribution in [3.63, 3.8) is 0 Å². The molecule has 28 heavy (non-hydrogen) atoms. The van der Waals surface area contributed by atoms with Gasteiger partial charge in [-0.25, -0.2) is 4.79 Å². The van der Waals surface area contributed by atoms with Crippen LogP contribution in [0.2, 0.25) is 0 Å². The average molecular weight is 397 g/mol. The molecule has 0 aliphatic heterocycles. The lowest BCUT2D eigenvalue weighted by Crippen LogP contribution is -2.33. The van der Waals surface area contributed by atoms with Crippen LogP contribution in [0.25, 0.3) is 0 Å². The van der Waals surface area contributed by atoms with Crippen molar-refractivity contribution in [2.75, 3.05) is 5.32 Å². The van der Waals surface area contributed by atoms with Crippen molar-refractivity contribution in [3.8, 4) is 0 Å². The van der Waals surface area contributed by atoms with E-state index in [0.717, 1.165) is 25.0 Å². The number of anilines is 1. The Labute approximate surface area is 169 Å². The zero-order chi connectivity index (χ0) is 20.7. The van der Waals surface area contributed by atoms with Gasteiger partial charge in [0.05, 0.1) is 11.8 Å². The molecule has 1 aliphatic carbocycles. The van der Waals surface area contributed by atoms with Crippen LogP contribution in [0, 0.1) is 0 Å². The maximum absolute atomic E-state index is 12.1. The number of aromatic amines is 1. The smallest absolute Gasteiger partial charge is 0.407 e. The van der Waals surface area contributed by atoms with E-state index in [-0.39, 0.29) is 34.3 Å². The van der Waals surface area contributed by atoms with Gasteiger partial charge in [-0.05, 0) is 33.1 Å². The molecule has 2 aromatic rings. The number of H-pyrrole nitrogens is 1. The second-order valence-electron chi connectivity index (χ2n) is 6.90. The van der Waals surface area contributed by atoms with Crippen LogP contribution in [0.4, 0.5) is 10.6 Å². The quantitative estimate of drug-likeness (QED) is 0.708. The highest BCUT2D eigenvalue weighted by atomic mass is 16.6. The average Bonchev–Trinajstić information content (AvgIpc) is 3.37. The van der Waals surface area contributed by atoms with E-state index in [1.54, 1.807) is 17.9 Å². The number of aryl methyl sites for hydroxylation is 1. The minimum absolute atomic E-state index is 0. The van der Waals surface area contributed by atoms with Crippen molar-refractivity contribution in [3.05, 3.63) is 29.7 Å². The molecule has 2 amide bonds. The van der Waals surface area contributed by atoms with Gasteiger partial charge >= 0.3 is 6.09 Å². The van der Waals surface area contributed by atoms with Crippen LogP contribution < -0.4 is 10.6 Å². The molecule has 160 valence electrons. The number of nitrogens with one attached hydrogen (secondary N) is 3. The second-order valence-corrected chi connectivity index (χ2v) is 6.90. The fourth-order valence-corrected chi connectivity index (χ4v) is 3.09. The van der Waals surface area contributed by atoms with Gasteiger partial charge < -0.3 is 15.4 Å². The summed E-state index contributed by atoms with van der Waals surface area (Å²) in [6.07, 6.45) is 5.12. The monoisotopic (exact) mass is 396 g/mol. The minimum atomic E-state index is -0.375. The lowest BCUT2D eigenvalue weighted by atomic mass is 10.0. The third-order valence-electron chi connectivity index (χ3n) is 4.31. The van der Waals surface area contributed by atoms with E-state index >= 15 is 0 Å². The highest BCUT2D eigenvalue weighted by Gasteiger charge is 2.30. The summed E-state index contributed by atoms with van der Waals surface area (Å²) < 4.78 is 7.01. The second kappa shape index (κ2) is 9.91. The van der Waals surface area contributed by atoms with Gasteiger partial charge in [-0.15, -0.1) is 0 Å². The Balaban J connectivity index is 0. The maximum Gasteiger partial charge on any atom is 0.407 e. The third-order valence-corrected chi connectivity index (χ3v) is 4.31. The first-order valence-electron chi connectivity index (χ1n) is 9.73. The van der Waals surface area contributed by atoms with Gasteiger partial charge in [-0.1, -0.05) is 13.8 Å². The van der Waals surface area contributed by atoms with Crippen LogP contribution in [0.3, 0.4) is 0 Å². The Morgan fingerprint density at radius 1 is 1.36 bits per heavy atom. The molecule has 2 heterocycles. The maximum atomic E-state index is 12.1. The van der Waals surface area contributed by atoms with Crippen LogP contribution in [0.15, 0.2) is 18.5 Å². The van der Waals surface area contributed by atoms with Gasteiger partial charge in [0.25, 0.3) is 5.91 Å². The topological polar surface area (TPSA) is 114 Å². The van der Waals surface area contributed by atoms with Crippen LogP contribution in [0.1, 0.15) is 73.2 Å². The van der Waals surface area contributed by atoms with Gasteiger partial charge in [-0.2, -0.15) is 10.2 Å². The fourth-order valence-electron chi connectivity index (χ4n) is 3.09. The number of aromatic nitrogens is 4. The molecule has 1 fully saturated rings. The molecule has 0 unspecified atom stereocenters. The molecular formula is C19H36N6O3. The van der Waals surface area contributed by atoms with Crippen molar-refractivity contribution in [1.29, 1.82) is 0 Å². The molecule has 2 aromatic heterocycles. The molecule has 0 aromatic carbocycles. The Hall–Kier alpha value is -2.84. The van der Waals surface area contributed by atoms with E-state index < -0.39 is 0 Å². The number of ether oxygens (including phenoxy) is 1. The number of rotatable bonds is 5. The standard InChI is InChI=1S/C17H24N6O3.C2H6.3H2/c1-10(2)19-17(25)26-13-5-4-11(6-13)14-7-15(22-21-14)20-16(24)12-8-18-23(3)9-12;1-2;;;/h7-11,13H,4-6H2,1-3H3,(H,19,25)(H2,20,21,22,24);1-2H3;3*1H/t11-,13+;;;;/m1..../s1. The third kappa shape index (κ3) is 5.83. The Bertz CT molecular complexity index is 796. The fraction of sp³-hybridized carbons (Fsp3) is 0.579. The van der Waals surface area contributed by atoms with Crippen molar-refractivity contribution in [2.45, 2.75) is 65.0 Å². The van der Waals surface area contributed by atoms with Crippen molar-refractivity contribution >= 4 is 17.8 Å². The van der Waals surface area contributed by atoms with Gasteiger partial charge in [0.2, 0.25) is 0 Å². The first-order chi connectivity index (χ1) is 13.4. The Morgan fingerprint density at radius 3 is 2.75 bits per heavy atom. The van der Waals surface area contributed by atoms with Crippen LogP contribution in [-0.2, 0) is 11.8 Å². The van der Waals surface area contributed by atoms with Gasteiger partial charge in [0.1, 0.15) is 6.10 Å². The lowest BCUT2D eigenvalue weighted by Gasteiger charge is -2.14. The number of alkyl carbamates (subject to hydrolysis) is 1. The Kier molecular flexibility index (Phi) is 7.60. The van der Waals surface area contributed by atoms with E-state index in [0.29, 0.717) is 11.4 Å². The number of amides is 2. The Morgan fingerprint density at radius 2 is 2.11 bits per heavy atom. The summed E-state index contributed by atoms with van der Waals surface area (Å²) in [4.78, 5) is 23.8. The van der Waals surface area contributed by atoms with E-state index in [2.05, 4.69) is 25.9 Å². The molecule has 3 rings (SSSR count). The SMILES string of the molecule is CC.CC(C)NC(=O)O[C@H]1CC[C@@H](c2cc(NC(=O)c3cnn(C)c3)n[nH]2)C1.[HH].[HH].[HH]. The summed E-state index contributed by atoms with van der Waals surface area (Å²) in [7, 11) is 1.75. The number of hydrogen-bond donors (Lipinski definition) is 3. The van der Waals surface area contributed by atoms with Crippen molar-refractivity contribution in [1.82, 2.24) is 25.3 Å². The number of hydrogen-bond acceptors (Lipinski definition) is 5. The van der Waals surface area contributed by atoms with E-state index in [4.69, 9.17) is 4.74 Å². The van der Waals surface area contributed by atoms with Crippen molar-refractivity contribution < 1.29 is 18.6 Å². The molecule has 0 saturated heterocycles. The van der Waals surface area contributed by atoms with Gasteiger partial charge in [0.15, 0.2) is 5.82 Å². The summed E-state index contributed by atoms with van der Waals surface area (Å²) in [5, 5.41) is 16.6. The molecule has 9 nitrogen and oxygen atoms in total. The summed E-state index contributed by atoms with van der Waals surface area (Å²) in [6, 6.07) is 1.88. The molecule has 0 spiro atoms. The van der Waals surface area contributed by atoms with Crippen molar-refractivity contribution in [2.24, 2.45) is 7.05 Å². The highest BCUT2D eigenvalue weighted by Crippen LogP contribution is 2.35. The summed E-state index contributed by atoms with van der Waals surface area (Å²) in [5.74, 6) is 0.438. The highest BCUT2D eigenvalue weighted by molar-refractivity contribution is 6.03. The molecule has 1 aliphatic rings. The lowest BCUT2D eigenvalue weighted by molar-refractivity contribution is 0.0979. The first-order valence-corrected chi connectivity index (χ1v) is 9.73. The molecule has 3 N–H and O–H groups in total. The minimum Gasteiger partial charge on any atom is -0.446 e. The van der Waals surface area contributed by atoms with Gasteiger partial charge in [0, 0.05) is 41.2 Å². The zero-order valence-electron chi connectivity index (χ0n) is 17.2. The molecule has 2 atom stereocenters. The van der Waals surface area contributed by atoms with E-state index in [9.17, 15) is 9.59 Å². The summed E-state index contributed by atoms with van der Waals surface area (Å²) in [5.41, 5.74) is 1.41. The number of carbonyl (C=O) groups excluding carboxylic acids is 2. The molecule has 0 radical (unpaired) electrons. The van der Waals surface area contributed by atoms with E-state index in [1.807, 2.05) is 33.8 Å². The normalized spacial score (nSPS) is 18.4. The van der Waals surface area contributed by atoms with E-state index in [1.165, 1.54) is 6.20 Å².